The van der Waals surface area contributed by atoms with Gasteiger partial charge < -0.3 is 14.6 Å². The standard InChI is InChI=1S/C30H40O6S/c1-6-28(4)16-23(36-24(32)17-35-25(33)18-37-21-10-8-7-9-11-21)29(5)19(2)12-14-30(20(3)27(28)34)15-13-22(31)26(29)30/h6-11,19-20,23,26-27,34H,1,12-18H2,2-5H3/t19-,20+,23-,26+,27+,28-,29+,30+/m1/s1. The molecule has 3 aliphatic carbocycles. The molecule has 1 aromatic rings. The van der Waals surface area contributed by atoms with Crippen LogP contribution in [0.2, 0.25) is 0 Å². The molecule has 8 atom stereocenters. The lowest BCUT2D eigenvalue weighted by Crippen LogP contribution is -2.63. The molecule has 0 unspecified atom stereocenters. The van der Waals surface area contributed by atoms with E-state index in [4.69, 9.17) is 9.47 Å². The van der Waals surface area contributed by atoms with Crippen LogP contribution in [0.4, 0.5) is 0 Å². The zero-order valence-corrected chi connectivity index (χ0v) is 23.2. The Labute approximate surface area is 224 Å². The quantitative estimate of drug-likeness (QED) is 0.294. The number of carbonyl (C=O) groups excluding carboxylic acids is 3. The minimum absolute atomic E-state index is 0.0847. The van der Waals surface area contributed by atoms with Crippen LogP contribution in [0, 0.1) is 34.0 Å². The lowest BCUT2D eigenvalue weighted by Gasteiger charge is -2.61. The molecule has 0 aliphatic heterocycles. The maximum atomic E-state index is 13.4. The number of ketones is 1. The second-order valence-corrected chi connectivity index (χ2v) is 12.9. The molecule has 0 spiro atoms. The summed E-state index contributed by atoms with van der Waals surface area (Å²) in [6.07, 6.45) is 3.81. The maximum absolute atomic E-state index is 13.4. The minimum Gasteiger partial charge on any atom is -0.459 e. The van der Waals surface area contributed by atoms with E-state index in [0.29, 0.717) is 12.8 Å². The summed E-state index contributed by atoms with van der Waals surface area (Å²) in [7, 11) is 0. The molecule has 6 nitrogen and oxygen atoms in total. The SMILES string of the molecule is C=C[C@]1(C)C[C@@H](OC(=O)COC(=O)CSc2ccccc2)[C@]2(C)[C@H](C)CC[C@]3(CCC(=O)[C@H]32)[C@@H](C)[C@@H]1O. The lowest BCUT2D eigenvalue weighted by molar-refractivity contribution is -0.208. The minimum atomic E-state index is -0.717. The third-order valence-corrected chi connectivity index (χ3v) is 11.0. The number of esters is 2. The maximum Gasteiger partial charge on any atom is 0.344 e. The first-order valence-electron chi connectivity index (χ1n) is 13.4. The van der Waals surface area contributed by atoms with Gasteiger partial charge in [-0.15, -0.1) is 18.3 Å². The van der Waals surface area contributed by atoms with Crippen LogP contribution in [0.1, 0.15) is 59.8 Å². The first kappa shape index (κ1) is 27.9. The first-order valence-corrected chi connectivity index (χ1v) is 14.3. The lowest BCUT2D eigenvalue weighted by atomic mass is 9.44. The van der Waals surface area contributed by atoms with Crippen molar-refractivity contribution in [3.63, 3.8) is 0 Å². The summed E-state index contributed by atoms with van der Waals surface area (Å²) < 4.78 is 11.3. The number of hydrogen-bond donors (Lipinski definition) is 1. The fraction of sp³-hybridized carbons (Fsp3) is 0.633. The normalized spacial score (nSPS) is 39.2. The number of carbonyl (C=O) groups is 3. The largest absolute Gasteiger partial charge is 0.459 e. The van der Waals surface area contributed by atoms with Crippen LogP contribution in [0.5, 0.6) is 0 Å². The van der Waals surface area contributed by atoms with Crippen molar-refractivity contribution in [1.29, 1.82) is 0 Å². The van der Waals surface area contributed by atoms with Crippen LogP contribution in [-0.4, -0.2) is 47.4 Å². The summed E-state index contributed by atoms with van der Waals surface area (Å²) in [6, 6.07) is 9.50. The molecule has 7 heteroatoms. The topological polar surface area (TPSA) is 89.9 Å². The van der Waals surface area contributed by atoms with E-state index in [9.17, 15) is 19.5 Å². The zero-order valence-electron chi connectivity index (χ0n) is 22.4. The Hall–Kier alpha value is -2.12. The summed E-state index contributed by atoms with van der Waals surface area (Å²) in [6.45, 7) is 11.8. The Balaban J connectivity index is 1.54. The van der Waals surface area contributed by atoms with Crippen molar-refractivity contribution < 1.29 is 29.0 Å². The van der Waals surface area contributed by atoms with Crippen molar-refractivity contribution in [1.82, 2.24) is 0 Å². The number of ether oxygens (including phenoxy) is 2. The number of hydrogen-bond acceptors (Lipinski definition) is 7. The predicted octanol–water partition coefficient (Wildman–Crippen LogP) is 5.23. The molecule has 0 aromatic heterocycles. The van der Waals surface area contributed by atoms with E-state index in [2.05, 4.69) is 27.4 Å². The van der Waals surface area contributed by atoms with Gasteiger partial charge in [0.2, 0.25) is 0 Å². The average Bonchev–Trinajstić information content (AvgIpc) is 3.25. The van der Waals surface area contributed by atoms with Gasteiger partial charge in [-0.2, -0.15) is 0 Å². The molecule has 0 amide bonds. The van der Waals surface area contributed by atoms with E-state index in [1.165, 1.54) is 11.8 Å². The van der Waals surface area contributed by atoms with Gasteiger partial charge in [0.1, 0.15) is 11.9 Å². The Bertz CT molecular complexity index is 1040. The summed E-state index contributed by atoms with van der Waals surface area (Å²) in [5.74, 6) is -1.05. The van der Waals surface area contributed by atoms with Gasteiger partial charge in [0.25, 0.3) is 0 Å². The fourth-order valence-electron chi connectivity index (χ4n) is 7.53. The van der Waals surface area contributed by atoms with E-state index in [0.717, 1.165) is 24.2 Å². The number of aliphatic hydroxyl groups is 1. The highest BCUT2D eigenvalue weighted by atomic mass is 32.2. The van der Waals surface area contributed by atoms with Gasteiger partial charge in [-0.3, -0.25) is 9.59 Å². The molecule has 2 bridgehead atoms. The highest BCUT2D eigenvalue weighted by Crippen LogP contribution is 2.67. The summed E-state index contributed by atoms with van der Waals surface area (Å²) in [4.78, 5) is 39.7. The van der Waals surface area contributed by atoms with E-state index in [1.807, 2.05) is 37.3 Å². The molecule has 202 valence electrons. The Morgan fingerprint density at radius 2 is 1.86 bits per heavy atom. The van der Waals surface area contributed by atoms with Gasteiger partial charge >= 0.3 is 11.9 Å². The molecular formula is C30H40O6S. The van der Waals surface area contributed by atoms with Crippen molar-refractivity contribution in [3.05, 3.63) is 43.0 Å². The first-order chi connectivity index (χ1) is 17.5. The third-order valence-electron chi connectivity index (χ3n) is 10.0. The number of benzene rings is 1. The van der Waals surface area contributed by atoms with Crippen LogP contribution < -0.4 is 0 Å². The fourth-order valence-corrected chi connectivity index (χ4v) is 8.25. The molecule has 0 saturated heterocycles. The molecular weight excluding hydrogens is 488 g/mol. The zero-order chi connectivity index (χ0) is 27.0. The number of Topliss-reactive ketones (excluding diaryl/α,β-unsaturated/α-hetero) is 1. The second kappa shape index (κ2) is 10.6. The van der Waals surface area contributed by atoms with Crippen LogP contribution in [0.3, 0.4) is 0 Å². The summed E-state index contributed by atoms with van der Waals surface area (Å²) in [5, 5.41) is 11.6. The highest BCUT2D eigenvalue weighted by Gasteiger charge is 2.68. The van der Waals surface area contributed by atoms with Crippen LogP contribution in [0.25, 0.3) is 0 Å². The molecule has 37 heavy (non-hydrogen) atoms. The molecule has 3 aliphatic rings. The molecule has 1 aromatic carbocycles. The smallest absolute Gasteiger partial charge is 0.344 e. The molecule has 1 N–H and O–H groups in total. The van der Waals surface area contributed by atoms with E-state index < -0.39 is 41.6 Å². The van der Waals surface area contributed by atoms with Crippen LogP contribution in [-0.2, 0) is 23.9 Å². The molecule has 4 rings (SSSR count). The van der Waals surface area contributed by atoms with Crippen molar-refractivity contribution >= 4 is 29.5 Å². The highest BCUT2D eigenvalue weighted by molar-refractivity contribution is 8.00. The average molecular weight is 529 g/mol. The van der Waals surface area contributed by atoms with Gasteiger partial charge in [-0.05, 0) is 55.1 Å². The number of aliphatic hydroxyl groups excluding tert-OH is 1. The second-order valence-electron chi connectivity index (χ2n) is 11.8. The van der Waals surface area contributed by atoms with Gasteiger partial charge in [0, 0.05) is 28.1 Å². The molecule has 0 radical (unpaired) electrons. The number of thioether (sulfide) groups is 1. The predicted molar refractivity (Wildman–Crippen MR) is 143 cm³/mol. The Kier molecular flexibility index (Phi) is 7.97. The third kappa shape index (κ3) is 4.89. The van der Waals surface area contributed by atoms with Gasteiger partial charge in [-0.1, -0.05) is 52.0 Å². The van der Waals surface area contributed by atoms with E-state index in [-0.39, 0.29) is 34.7 Å². The molecule has 0 heterocycles. The van der Waals surface area contributed by atoms with Crippen molar-refractivity contribution in [3.8, 4) is 0 Å². The van der Waals surface area contributed by atoms with Crippen molar-refractivity contribution in [2.75, 3.05) is 12.4 Å². The van der Waals surface area contributed by atoms with Crippen LogP contribution in [0.15, 0.2) is 47.9 Å². The van der Waals surface area contributed by atoms with E-state index >= 15 is 0 Å². The van der Waals surface area contributed by atoms with Gasteiger partial charge in [-0.25, -0.2) is 4.79 Å². The van der Waals surface area contributed by atoms with Crippen molar-refractivity contribution in [2.24, 2.45) is 34.0 Å². The summed E-state index contributed by atoms with van der Waals surface area (Å²) >= 11 is 1.34. The Morgan fingerprint density at radius 3 is 2.54 bits per heavy atom. The van der Waals surface area contributed by atoms with Crippen molar-refractivity contribution in [2.45, 2.75) is 76.9 Å². The Morgan fingerprint density at radius 1 is 1.16 bits per heavy atom. The van der Waals surface area contributed by atoms with E-state index in [1.54, 1.807) is 6.08 Å². The number of rotatable bonds is 7. The van der Waals surface area contributed by atoms with Crippen LogP contribution >= 0.6 is 11.8 Å². The van der Waals surface area contributed by atoms with Gasteiger partial charge in [0.05, 0.1) is 11.9 Å². The van der Waals surface area contributed by atoms with Gasteiger partial charge in [0.15, 0.2) is 6.61 Å². The summed E-state index contributed by atoms with van der Waals surface area (Å²) in [5.41, 5.74) is -1.61. The monoisotopic (exact) mass is 528 g/mol. The molecule has 3 saturated carbocycles. The molecule has 3 fully saturated rings.